The molecule has 3 rings (SSSR count). The number of nitrogens with zero attached hydrogens (tertiary/aromatic N) is 1. The molecule has 0 aliphatic carbocycles. The maximum absolute atomic E-state index is 12.2. The zero-order valence-electron chi connectivity index (χ0n) is 14.4. The first-order valence-corrected chi connectivity index (χ1v) is 8.88. The average molecular weight is 426 g/mol. The Morgan fingerprint density at radius 3 is 2.37 bits per heavy atom. The Hall–Kier alpha value is -3.19. The van der Waals surface area contributed by atoms with Gasteiger partial charge in [-0.2, -0.15) is 5.10 Å². The fourth-order valence-corrected chi connectivity index (χ4v) is 2.76. The summed E-state index contributed by atoms with van der Waals surface area (Å²) in [6.45, 7) is 1.79. The van der Waals surface area contributed by atoms with Crippen LogP contribution in [-0.2, 0) is 0 Å². The van der Waals surface area contributed by atoms with Crippen LogP contribution in [0.3, 0.4) is 0 Å². The third-order valence-electron chi connectivity index (χ3n) is 3.75. The molecule has 0 saturated heterocycles. The van der Waals surface area contributed by atoms with Crippen LogP contribution < -0.4 is 10.7 Å². The van der Waals surface area contributed by atoms with E-state index in [0.717, 1.165) is 5.56 Å². The van der Waals surface area contributed by atoms with Crippen molar-refractivity contribution in [1.82, 2.24) is 5.43 Å². The number of nitrogens with one attached hydrogen (secondary N) is 2. The van der Waals surface area contributed by atoms with Crippen LogP contribution in [0.1, 0.15) is 33.4 Å². The number of rotatable bonds is 5. The van der Waals surface area contributed by atoms with Crippen molar-refractivity contribution in [1.29, 1.82) is 0 Å². The van der Waals surface area contributed by atoms with Crippen molar-refractivity contribution in [2.45, 2.75) is 6.92 Å². The zero-order valence-corrected chi connectivity index (χ0v) is 16.0. The summed E-state index contributed by atoms with van der Waals surface area (Å²) in [5.41, 5.74) is 5.13. The monoisotopic (exact) mass is 425 g/mol. The van der Waals surface area contributed by atoms with Gasteiger partial charge in [0.2, 0.25) is 0 Å². The fourth-order valence-electron chi connectivity index (χ4n) is 2.30. The molecular formula is C20H16BrN3O3. The lowest BCUT2D eigenvalue weighted by Gasteiger charge is -2.06. The molecule has 3 aromatic rings. The van der Waals surface area contributed by atoms with Crippen molar-refractivity contribution < 1.29 is 14.0 Å². The van der Waals surface area contributed by atoms with Crippen molar-refractivity contribution >= 4 is 39.1 Å². The number of carbonyl (C=O) groups is 2. The van der Waals surface area contributed by atoms with Crippen molar-refractivity contribution in [2.24, 2.45) is 5.10 Å². The van der Waals surface area contributed by atoms with Crippen LogP contribution in [0.15, 0.2) is 80.9 Å². The van der Waals surface area contributed by atoms with Crippen molar-refractivity contribution in [3.8, 4) is 0 Å². The number of halogens is 1. The van der Waals surface area contributed by atoms with Crippen LogP contribution in [0.4, 0.5) is 5.69 Å². The van der Waals surface area contributed by atoms with E-state index in [0.29, 0.717) is 21.4 Å². The van der Waals surface area contributed by atoms with Crippen molar-refractivity contribution in [3.63, 3.8) is 0 Å². The van der Waals surface area contributed by atoms with E-state index in [1.807, 2.05) is 6.07 Å². The van der Waals surface area contributed by atoms with Gasteiger partial charge in [-0.25, -0.2) is 5.43 Å². The van der Waals surface area contributed by atoms with E-state index in [9.17, 15) is 9.59 Å². The summed E-state index contributed by atoms with van der Waals surface area (Å²) >= 11 is 3.34. The molecule has 27 heavy (non-hydrogen) atoms. The molecule has 2 amide bonds. The molecule has 0 aliphatic rings. The summed E-state index contributed by atoms with van der Waals surface area (Å²) in [7, 11) is 0. The topological polar surface area (TPSA) is 83.7 Å². The number of amides is 2. The molecule has 0 atom stereocenters. The number of hydrazone groups is 1. The van der Waals surface area contributed by atoms with Crippen LogP contribution in [0, 0.1) is 0 Å². The smallest absolute Gasteiger partial charge is 0.291 e. The molecule has 0 fully saturated rings. The lowest BCUT2D eigenvalue weighted by atomic mass is 10.1. The zero-order chi connectivity index (χ0) is 19.2. The van der Waals surface area contributed by atoms with E-state index in [-0.39, 0.29) is 17.6 Å². The van der Waals surface area contributed by atoms with Crippen molar-refractivity contribution in [3.05, 3.63) is 88.3 Å². The molecule has 1 heterocycles. The van der Waals surface area contributed by atoms with Gasteiger partial charge in [0.1, 0.15) is 0 Å². The third-order valence-corrected chi connectivity index (χ3v) is 4.44. The lowest BCUT2D eigenvalue weighted by Crippen LogP contribution is -2.19. The Bertz CT molecular complexity index is 980. The fraction of sp³-hybridized carbons (Fsp3) is 0.0500. The van der Waals surface area contributed by atoms with Gasteiger partial charge in [-0.05, 0) is 64.8 Å². The minimum Gasteiger partial charge on any atom is -0.459 e. The summed E-state index contributed by atoms with van der Waals surface area (Å²) < 4.78 is 5.75. The van der Waals surface area contributed by atoms with Gasteiger partial charge in [-0.3, -0.25) is 9.59 Å². The molecule has 1 aromatic heterocycles. The molecule has 7 heteroatoms. The van der Waals surface area contributed by atoms with Gasteiger partial charge in [-0.15, -0.1) is 0 Å². The van der Waals surface area contributed by atoms with E-state index < -0.39 is 0 Å². The highest BCUT2D eigenvalue weighted by Crippen LogP contribution is 2.16. The molecule has 2 N–H and O–H groups in total. The Labute approximate surface area is 164 Å². The molecule has 0 radical (unpaired) electrons. The number of anilines is 1. The highest BCUT2D eigenvalue weighted by Gasteiger charge is 2.10. The molecule has 2 aromatic carbocycles. The summed E-state index contributed by atoms with van der Waals surface area (Å²) in [5, 5.41) is 6.88. The van der Waals surface area contributed by atoms with Gasteiger partial charge in [0.05, 0.1) is 17.5 Å². The van der Waals surface area contributed by atoms with Gasteiger partial charge in [-0.1, -0.05) is 24.3 Å². The predicted molar refractivity (Wildman–Crippen MR) is 107 cm³/mol. The van der Waals surface area contributed by atoms with Crippen LogP contribution in [-0.4, -0.2) is 17.5 Å². The van der Waals surface area contributed by atoms with Gasteiger partial charge in [0.15, 0.2) is 5.76 Å². The molecule has 0 bridgehead atoms. The standard InChI is InChI=1S/C20H16BrN3O3/c1-13(23-24-19(25)16-5-2-3-6-17(16)21)14-8-10-15(11-9-14)22-20(26)18-7-4-12-27-18/h2-12H,1H3,(H,22,26)(H,24,25). The van der Waals surface area contributed by atoms with Crippen LogP contribution >= 0.6 is 15.9 Å². The largest absolute Gasteiger partial charge is 0.459 e. The van der Waals surface area contributed by atoms with Crippen LogP contribution in [0.5, 0.6) is 0 Å². The summed E-state index contributed by atoms with van der Waals surface area (Å²) in [6, 6.07) is 17.5. The Kier molecular flexibility index (Phi) is 5.83. The molecule has 0 spiro atoms. The van der Waals surface area contributed by atoms with Gasteiger partial charge < -0.3 is 9.73 Å². The number of carbonyl (C=O) groups excluding carboxylic acids is 2. The van der Waals surface area contributed by atoms with Gasteiger partial charge >= 0.3 is 0 Å². The molecular weight excluding hydrogens is 410 g/mol. The second-order valence-corrected chi connectivity index (χ2v) is 6.48. The van der Waals surface area contributed by atoms with Gasteiger partial charge in [0, 0.05) is 10.2 Å². The first-order valence-electron chi connectivity index (χ1n) is 8.09. The quantitative estimate of drug-likeness (QED) is 0.467. The minimum absolute atomic E-state index is 0.242. The first-order chi connectivity index (χ1) is 13.0. The molecule has 0 aliphatic heterocycles. The first kappa shape index (κ1) is 18.6. The number of hydrogen-bond acceptors (Lipinski definition) is 4. The van der Waals surface area contributed by atoms with E-state index in [1.165, 1.54) is 6.26 Å². The van der Waals surface area contributed by atoms with Crippen LogP contribution in [0.2, 0.25) is 0 Å². The highest BCUT2D eigenvalue weighted by atomic mass is 79.9. The number of hydrogen-bond donors (Lipinski definition) is 2. The SMILES string of the molecule is CC(=NNC(=O)c1ccccc1Br)c1ccc(NC(=O)c2ccco2)cc1. The van der Waals surface area contributed by atoms with Crippen LogP contribution in [0.25, 0.3) is 0 Å². The Balaban J connectivity index is 1.64. The minimum atomic E-state index is -0.321. The molecule has 0 saturated carbocycles. The van der Waals surface area contributed by atoms with Crippen molar-refractivity contribution in [2.75, 3.05) is 5.32 Å². The molecule has 0 unspecified atom stereocenters. The second-order valence-electron chi connectivity index (χ2n) is 5.63. The summed E-state index contributed by atoms with van der Waals surface area (Å²) in [4.78, 5) is 24.1. The maximum Gasteiger partial charge on any atom is 0.291 e. The summed E-state index contributed by atoms with van der Waals surface area (Å²) in [6.07, 6.45) is 1.44. The Morgan fingerprint density at radius 1 is 0.963 bits per heavy atom. The third kappa shape index (κ3) is 4.71. The van der Waals surface area contributed by atoms with E-state index in [1.54, 1.807) is 61.5 Å². The second kappa shape index (κ2) is 8.46. The van der Waals surface area contributed by atoms with E-state index in [2.05, 4.69) is 31.8 Å². The highest BCUT2D eigenvalue weighted by molar-refractivity contribution is 9.10. The Morgan fingerprint density at radius 2 is 1.70 bits per heavy atom. The van der Waals surface area contributed by atoms with E-state index in [4.69, 9.17) is 4.42 Å². The lowest BCUT2D eigenvalue weighted by molar-refractivity contribution is 0.0952. The molecule has 6 nitrogen and oxygen atoms in total. The maximum atomic E-state index is 12.2. The molecule has 136 valence electrons. The van der Waals surface area contributed by atoms with E-state index >= 15 is 0 Å². The summed E-state index contributed by atoms with van der Waals surface area (Å²) in [5.74, 6) is -0.380. The number of furan rings is 1. The van der Waals surface area contributed by atoms with Gasteiger partial charge in [0.25, 0.3) is 11.8 Å². The normalized spacial score (nSPS) is 11.1. The predicted octanol–water partition coefficient (Wildman–Crippen LogP) is 4.45. The average Bonchev–Trinajstić information content (AvgIpc) is 3.22. The number of benzene rings is 2.